The number of nitrogens with one attached hydrogen (secondary N) is 1. The quantitative estimate of drug-likeness (QED) is 0.624. The van der Waals surface area contributed by atoms with Gasteiger partial charge >= 0.3 is 0 Å². The van der Waals surface area contributed by atoms with E-state index in [4.69, 9.17) is 4.55 Å². The first-order valence-electron chi connectivity index (χ1n) is 4.65. The van der Waals surface area contributed by atoms with Crippen LogP contribution in [0, 0.1) is 5.82 Å². The van der Waals surface area contributed by atoms with Gasteiger partial charge in [-0.2, -0.15) is 0 Å². The molecule has 2 nitrogen and oxygen atoms in total. The molecule has 5 heteroatoms. The van der Waals surface area contributed by atoms with Gasteiger partial charge in [-0.15, -0.1) is 0 Å². The number of benzene rings is 1. The molecule has 1 aromatic rings. The molecular weight excluding hydrogens is 281 g/mol. The highest BCUT2D eigenvalue weighted by molar-refractivity contribution is 9.10. The average molecular weight is 294 g/mol. The van der Waals surface area contributed by atoms with Crippen LogP contribution in [0.2, 0.25) is 0 Å². The van der Waals surface area contributed by atoms with E-state index >= 15 is 0 Å². The third-order valence-corrected chi connectivity index (χ3v) is 2.88. The van der Waals surface area contributed by atoms with Gasteiger partial charge in [0.1, 0.15) is 5.82 Å². The van der Waals surface area contributed by atoms with Crippen LogP contribution in [0.25, 0.3) is 0 Å². The van der Waals surface area contributed by atoms with Gasteiger partial charge in [-0.05, 0) is 37.1 Å². The molecule has 1 rings (SSSR count). The Morgan fingerprint density at radius 3 is 2.93 bits per heavy atom. The molecule has 0 fully saturated rings. The number of hydrogen-bond acceptors (Lipinski definition) is 3. The molecule has 0 aliphatic rings. The molecule has 84 valence electrons. The van der Waals surface area contributed by atoms with E-state index in [-0.39, 0.29) is 5.82 Å². The molecule has 0 radical (unpaired) electrons. The summed E-state index contributed by atoms with van der Waals surface area (Å²) in [5.74, 6) is 0.504. The summed E-state index contributed by atoms with van der Waals surface area (Å²) in [5, 5.41) is 3.12. The minimum atomic E-state index is -0.201. The van der Waals surface area contributed by atoms with Crippen LogP contribution in [0.4, 0.5) is 4.39 Å². The third kappa shape index (κ3) is 4.97. The summed E-state index contributed by atoms with van der Waals surface area (Å²) in [6.45, 7) is 1.30. The number of hydrogen-bond donors (Lipinski definition) is 2. The lowest BCUT2D eigenvalue weighted by Crippen LogP contribution is -2.16. The normalized spacial score (nSPS) is 10.6. The molecule has 0 aromatic heterocycles. The summed E-state index contributed by atoms with van der Waals surface area (Å²) in [6.07, 6.45) is 0.874. The van der Waals surface area contributed by atoms with Crippen molar-refractivity contribution in [3.8, 4) is 0 Å². The predicted octanol–water partition coefficient (Wildman–Crippen LogP) is 3.27. The van der Waals surface area contributed by atoms with Crippen molar-refractivity contribution < 1.29 is 8.94 Å². The summed E-state index contributed by atoms with van der Waals surface area (Å²) in [6, 6.07) is 5.04. The van der Waals surface area contributed by atoms with Gasteiger partial charge in [0.05, 0.1) is 0 Å². The average Bonchev–Trinajstić information content (AvgIpc) is 2.20. The topological polar surface area (TPSA) is 32.3 Å². The van der Waals surface area contributed by atoms with Crippen molar-refractivity contribution in [3.63, 3.8) is 0 Å². The molecule has 0 aliphatic heterocycles. The van der Waals surface area contributed by atoms with E-state index in [0.29, 0.717) is 17.9 Å². The van der Waals surface area contributed by atoms with Gasteiger partial charge in [-0.3, -0.25) is 0 Å². The van der Waals surface area contributed by atoms with Crippen LogP contribution in [0.3, 0.4) is 0 Å². The van der Waals surface area contributed by atoms with E-state index in [1.54, 1.807) is 6.07 Å². The third-order valence-electron chi connectivity index (χ3n) is 1.92. The molecule has 0 atom stereocenters. The van der Waals surface area contributed by atoms with Crippen LogP contribution in [0.15, 0.2) is 22.7 Å². The van der Waals surface area contributed by atoms with Crippen LogP contribution in [0.1, 0.15) is 12.0 Å². The summed E-state index contributed by atoms with van der Waals surface area (Å²) in [4.78, 5) is 0. The fraction of sp³-hybridized carbons (Fsp3) is 0.400. The van der Waals surface area contributed by atoms with Gasteiger partial charge in [0.25, 0.3) is 0 Å². The van der Waals surface area contributed by atoms with Crippen molar-refractivity contribution in [1.29, 1.82) is 0 Å². The Kier molecular flexibility index (Phi) is 6.24. The molecule has 0 saturated heterocycles. The van der Waals surface area contributed by atoms with Gasteiger partial charge in [0, 0.05) is 22.3 Å². The lowest BCUT2D eigenvalue weighted by molar-refractivity contribution is 0.585. The summed E-state index contributed by atoms with van der Waals surface area (Å²) in [7, 11) is 0. The molecule has 0 saturated carbocycles. The van der Waals surface area contributed by atoms with Gasteiger partial charge < -0.3 is 9.87 Å². The van der Waals surface area contributed by atoms with Crippen LogP contribution in [-0.4, -0.2) is 16.9 Å². The fourth-order valence-electron chi connectivity index (χ4n) is 1.15. The highest BCUT2D eigenvalue weighted by atomic mass is 79.9. The van der Waals surface area contributed by atoms with Crippen molar-refractivity contribution in [2.24, 2.45) is 0 Å². The Labute approximate surface area is 102 Å². The largest absolute Gasteiger partial charge is 0.330 e. The van der Waals surface area contributed by atoms with Crippen molar-refractivity contribution >= 4 is 28.0 Å². The van der Waals surface area contributed by atoms with Crippen LogP contribution >= 0.6 is 28.0 Å². The Hall–Kier alpha value is -0.100. The van der Waals surface area contributed by atoms with Gasteiger partial charge in [0.15, 0.2) is 0 Å². The first-order valence-corrected chi connectivity index (χ1v) is 6.38. The second kappa shape index (κ2) is 7.22. The first kappa shape index (κ1) is 13.0. The van der Waals surface area contributed by atoms with E-state index in [2.05, 4.69) is 21.2 Å². The van der Waals surface area contributed by atoms with Crippen LogP contribution < -0.4 is 5.32 Å². The second-order valence-corrected chi connectivity index (χ2v) is 4.68. The highest BCUT2D eigenvalue weighted by Crippen LogP contribution is 2.14. The molecule has 0 amide bonds. The van der Waals surface area contributed by atoms with Crippen LogP contribution in [0.5, 0.6) is 0 Å². The predicted molar refractivity (Wildman–Crippen MR) is 65.5 cm³/mol. The Morgan fingerprint density at radius 1 is 1.47 bits per heavy atom. The van der Waals surface area contributed by atoms with Crippen LogP contribution in [-0.2, 0) is 6.54 Å². The minimum absolute atomic E-state index is 0.201. The van der Waals surface area contributed by atoms with Crippen molar-refractivity contribution in [2.45, 2.75) is 13.0 Å². The van der Waals surface area contributed by atoms with Gasteiger partial charge in [-0.1, -0.05) is 22.0 Å². The molecule has 0 bridgehead atoms. The van der Waals surface area contributed by atoms with E-state index in [1.165, 1.54) is 6.07 Å². The molecule has 0 unspecified atom stereocenters. The van der Waals surface area contributed by atoms with E-state index < -0.39 is 0 Å². The number of rotatable bonds is 6. The Bertz CT molecular complexity index is 311. The summed E-state index contributed by atoms with van der Waals surface area (Å²) < 4.78 is 22.5. The standard InChI is InChI=1S/C10H13BrFNOS/c11-9-3-2-8(10(12)6-9)7-13-4-1-5-15-14/h2-3,6,13-14H,1,4-5,7H2. The Balaban J connectivity index is 2.31. The highest BCUT2D eigenvalue weighted by Gasteiger charge is 2.01. The molecule has 15 heavy (non-hydrogen) atoms. The molecule has 1 aromatic carbocycles. The van der Waals surface area contributed by atoms with Gasteiger partial charge in [-0.25, -0.2) is 4.39 Å². The summed E-state index contributed by atoms with van der Waals surface area (Å²) >= 11 is 4.04. The minimum Gasteiger partial charge on any atom is -0.330 e. The smallest absolute Gasteiger partial charge is 0.128 e. The van der Waals surface area contributed by atoms with E-state index in [9.17, 15) is 4.39 Å². The fourth-order valence-corrected chi connectivity index (χ4v) is 1.76. The maximum atomic E-state index is 13.3. The maximum absolute atomic E-state index is 13.3. The molecule has 2 N–H and O–H groups in total. The van der Waals surface area contributed by atoms with Crippen molar-refractivity contribution in [1.82, 2.24) is 5.32 Å². The zero-order chi connectivity index (χ0) is 11.1. The molecular formula is C10H13BrFNOS. The lowest BCUT2D eigenvalue weighted by atomic mass is 10.2. The maximum Gasteiger partial charge on any atom is 0.128 e. The lowest BCUT2D eigenvalue weighted by Gasteiger charge is -2.05. The number of halogens is 2. The zero-order valence-corrected chi connectivity index (χ0v) is 10.6. The zero-order valence-electron chi connectivity index (χ0n) is 8.17. The van der Waals surface area contributed by atoms with Gasteiger partial charge in [0.2, 0.25) is 0 Å². The van der Waals surface area contributed by atoms with E-state index in [0.717, 1.165) is 29.5 Å². The first-order chi connectivity index (χ1) is 7.24. The molecule has 0 aliphatic carbocycles. The monoisotopic (exact) mass is 293 g/mol. The van der Waals surface area contributed by atoms with E-state index in [1.807, 2.05) is 6.07 Å². The second-order valence-electron chi connectivity index (χ2n) is 3.10. The summed E-state index contributed by atoms with van der Waals surface area (Å²) in [5.41, 5.74) is 0.662. The van der Waals surface area contributed by atoms with Crippen molar-refractivity contribution in [2.75, 3.05) is 12.3 Å². The van der Waals surface area contributed by atoms with Crippen molar-refractivity contribution in [3.05, 3.63) is 34.1 Å². The molecule has 0 spiro atoms. The Morgan fingerprint density at radius 2 is 2.27 bits per heavy atom. The SMILES string of the molecule is OSCCCNCc1ccc(Br)cc1F. The molecule has 0 heterocycles.